The summed E-state index contributed by atoms with van der Waals surface area (Å²) < 4.78 is 9.63. The number of furan rings is 1. The van der Waals surface area contributed by atoms with E-state index in [0.717, 1.165) is 0 Å². The Labute approximate surface area is 81.7 Å². The molecule has 0 radical (unpaired) electrons. The van der Waals surface area contributed by atoms with Crippen LogP contribution in [0.15, 0.2) is 16.5 Å². The number of hydrogen-bond donors (Lipinski definition) is 2. The van der Waals surface area contributed by atoms with Gasteiger partial charge in [-0.2, -0.15) is 0 Å². The molecule has 5 heteroatoms. The Morgan fingerprint density at radius 3 is 2.86 bits per heavy atom. The molecule has 0 saturated carbocycles. The lowest BCUT2D eigenvalue weighted by Crippen LogP contribution is -2.23. The molecule has 1 rings (SSSR count). The molecule has 2 N–H and O–H groups in total. The first kappa shape index (κ1) is 10.7. The van der Waals surface area contributed by atoms with Crippen LogP contribution in [0.1, 0.15) is 11.5 Å². The van der Waals surface area contributed by atoms with Crippen molar-refractivity contribution in [1.29, 1.82) is 0 Å². The van der Waals surface area contributed by atoms with Crippen molar-refractivity contribution in [2.45, 2.75) is 13.2 Å². The molecule has 0 aliphatic rings. The van der Waals surface area contributed by atoms with E-state index in [2.05, 4.69) is 10.1 Å². The summed E-state index contributed by atoms with van der Waals surface area (Å²) in [6.07, 6.45) is 0. The number of carbonyl (C=O) groups is 1. The summed E-state index contributed by atoms with van der Waals surface area (Å²) in [7, 11) is 1.33. The van der Waals surface area contributed by atoms with E-state index < -0.39 is 0 Å². The van der Waals surface area contributed by atoms with Crippen LogP contribution in [-0.2, 0) is 22.7 Å². The number of nitrogens with one attached hydrogen (secondary N) is 1. The smallest absolute Gasteiger partial charge is 0.319 e. The molecule has 0 fully saturated rings. The molecule has 1 heterocycles. The largest absolute Gasteiger partial charge is 0.468 e. The highest BCUT2D eigenvalue weighted by Crippen LogP contribution is 2.06. The zero-order valence-corrected chi connectivity index (χ0v) is 7.95. The van der Waals surface area contributed by atoms with Crippen molar-refractivity contribution in [3.8, 4) is 0 Å². The number of aliphatic hydroxyl groups is 1. The summed E-state index contributed by atoms with van der Waals surface area (Å²) in [6.45, 7) is 0.470. The molecule has 0 amide bonds. The van der Waals surface area contributed by atoms with Crippen molar-refractivity contribution in [2.24, 2.45) is 0 Å². The Balaban J connectivity index is 2.27. The minimum Gasteiger partial charge on any atom is -0.468 e. The van der Waals surface area contributed by atoms with Crippen LogP contribution in [0, 0.1) is 0 Å². The van der Waals surface area contributed by atoms with E-state index in [-0.39, 0.29) is 19.1 Å². The SMILES string of the molecule is COC(=O)CNCc1ccc(CO)o1. The fourth-order valence-electron chi connectivity index (χ4n) is 0.962. The lowest BCUT2D eigenvalue weighted by Gasteiger charge is -2.00. The molecule has 1 aromatic rings. The quantitative estimate of drug-likeness (QED) is 0.655. The van der Waals surface area contributed by atoms with Gasteiger partial charge in [0.1, 0.15) is 18.1 Å². The normalized spacial score (nSPS) is 10.1. The van der Waals surface area contributed by atoms with Gasteiger partial charge in [-0.1, -0.05) is 0 Å². The fourth-order valence-corrected chi connectivity index (χ4v) is 0.962. The molecule has 0 bridgehead atoms. The Bertz CT molecular complexity index is 295. The number of hydrogen-bond acceptors (Lipinski definition) is 5. The number of carbonyl (C=O) groups excluding carboxylic acids is 1. The van der Waals surface area contributed by atoms with Gasteiger partial charge in [-0.25, -0.2) is 0 Å². The Morgan fingerprint density at radius 1 is 1.57 bits per heavy atom. The Hall–Kier alpha value is -1.33. The maximum Gasteiger partial charge on any atom is 0.319 e. The fraction of sp³-hybridized carbons (Fsp3) is 0.444. The van der Waals surface area contributed by atoms with Crippen molar-refractivity contribution in [3.05, 3.63) is 23.7 Å². The maximum absolute atomic E-state index is 10.7. The molecule has 5 nitrogen and oxygen atoms in total. The van der Waals surface area contributed by atoms with Crippen LogP contribution in [-0.4, -0.2) is 24.7 Å². The second-order valence-electron chi connectivity index (χ2n) is 2.71. The molecule has 0 spiro atoms. The van der Waals surface area contributed by atoms with E-state index in [1.807, 2.05) is 0 Å². The first-order valence-electron chi connectivity index (χ1n) is 4.22. The molecular weight excluding hydrogens is 186 g/mol. The molecule has 14 heavy (non-hydrogen) atoms. The van der Waals surface area contributed by atoms with Gasteiger partial charge >= 0.3 is 5.97 Å². The second-order valence-corrected chi connectivity index (χ2v) is 2.71. The van der Waals surface area contributed by atoms with E-state index in [1.165, 1.54) is 7.11 Å². The van der Waals surface area contributed by atoms with Gasteiger partial charge in [0, 0.05) is 0 Å². The van der Waals surface area contributed by atoms with Crippen LogP contribution < -0.4 is 5.32 Å². The van der Waals surface area contributed by atoms with E-state index in [4.69, 9.17) is 9.52 Å². The van der Waals surface area contributed by atoms with E-state index in [0.29, 0.717) is 18.1 Å². The average Bonchev–Trinajstić information content (AvgIpc) is 2.65. The van der Waals surface area contributed by atoms with Gasteiger partial charge in [0.15, 0.2) is 0 Å². The maximum atomic E-state index is 10.7. The van der Waals surface area contributed by atoms with Crippen LogP contribution in [0.3, 0.4) is 0 Å². The number of esters is 1. The molecular formula is C9H13NO4. The third-order valence-electron chi connectivity index (χ3n) is 1.67. The first-order chi connectivity index (χ1) is 6.76. The van der Waals surface area contributed by atoms with Crippen LogP contribution in [0.4, 0.5) is 0 Å². The van der Waals surface area contributed by atoms with E-state index in [9.17, 15) is 4.79 Å². The molecule has 0 aromatic carbocycles. The van der Waals surface area contributed by atoms with Crippen molar-refractivity contribution >= 4 is 5.97 Å². The van der Waals surface area contributed by atoms with Crippen LogP contribution in [0.25, 0.3) is 0 Å². The summed E-state index contributed by atoms with van der Waals surface area (Å²) in [6, 6.07) is 3.44. The third-order valence-corrected chi connectivity index (χ3v) is 1.67. The van der Waals surface area contributed by atoms with Gasteiger partial charge in [0.05, 0.1) is 20.2 Å². The van der Waals surface area contributed by atoms with Crippen LogP contribution in [0.5, 0.6) is 0 Å². The highest BCUT2D eigenvalue weighted by atomic mass is 16.5. The van der Waals surface area contributed by atoms with Gasteiger partial charge < -0.3 is 14.3 Å². The predicted molar refractivity (Wildman–Crippen MR) is 48.4 cm³/mol. The lowest BCUT2D eigenvalue weighted by molar-refractivity contribution is -0.139. The minimum absolute atomic E-state index is 0.114. The molecule has 78 valence electrons. The molecule has 1 aromatic heterocycles. The Morgan fingerprint density at radius 2 is 2.29 bits per heavy atom. The third kappa shape index (κ3) is 3.20. The van der Waals surface area contributed by atoms with Crippen molar-refractivity contribution in [1.82, 2.24) is 5.32 Å². The molecule has 0 atom stereocenters. The summed E-state index contributed by atoms with van der Waals surface area (Å²) in [5.41, 5.74) is 0. The van der Waals surface area contributed by atoms with E-state index in [1.54, 1.807) is 12.1 Å². The van der Waals surface area contributed by atoms with Gasteiger partial charge in [-0.05, 0) is 12.1 Å². The van der Waals surface area contributed by atoms with Crippen LogP contribution in [0.2, 0.25) is 0 Å². The summed E-state index contributed by atoms with van der Waals surface area (Å²) in [5, 5.41) is 11.6. The monoisotopic (exact) mass is 199 g/mol. The highest BCUT2D eigenvalue weighted by molar-refractivity contribution is 5.71. The van der Waals surface area contributed by atoms with Crippen LogP contribution >= 0.6 is 0 Å². The zero-order chi connectivity index (χ0) is 10.4. The topological polar surface area (TPSA) is 71.7 Å². The minimum atomic E-state index is -0.320. The summed E-state index contributed by atoms with van der Waals surface area (Å²) >= 11 is 0. The number of methoxy groups -OCH3 is 1. The number of ether oxygens (including phenoxy) is 1. The zero-order valence-electron chi connectivity index (χ0n) is 7.95. The molecule has 0 aliphatic heterocycles. The van der Waals surface area contributed by atoms with Crippen molar-refractivity contribution < 1.29 is 19.1 Å². The highest BCUT2D eigenvalue weighted by Gasteiger charge is 2.02. The van der Waals surface area contributed by atoms with Crippen molar-refractivity contribution in [2.75, 3.05) is 13.7 Å². The standard InChI is InChI=1S/C9H13NO4/c1-13-9(12)5-10-4-7-2-3-8(6-11)14-7/h2-3,10-11H,4-6H2,1H3. The number of aliphatic hydroxyl groups excluding tert-OH is 1. The van der Waals surface area contributed by atoms with Gasteiger partial charge in [0.25, 0.3) is 0 Å². The van der Waals surface area contributed by atoms with Gasteiger partial charge in [-0.3, -0.25) is 10.1 Å². The van der Waals surface area contributed by atoms with Gasteiger partial charge in [-0.15, -0.1) is 0 Å². The van der Waals surface area contributed by atoms with Gasteiger partial charge in [0.2, 0.25) is 0 Å². The van der Waals surface area contributed by atoms with Crippen molar-refractivity contribution in [3.63, 3.8) is 0 Å². The summed E-state index contributed by atoms with van der Waals surface area (Å²) in [4.78, 5) is 10.7. The summed E-state index contributed by atoms with van der Waals surface area (Å²) in [5.74, 6) is 0.872. The van der Waals surface area contributed by atoms with E-state index >= 15 is 0 Å². The average molecular weight is 199 g/mol. The first-order valence-corrected chi connectivity index (χ1v) is 4.22. The lowest BCUT2D eigenvalue weighted by atomic mass is 10.4. The number of rotatable bonds is 5. The molecule has 0 aliphatic carbocycles. The Kier molecular flexibility index (Phi) is 4.15. The second kappa shape index (κ2) is 5.41. The molecule has 0 unspecified atom stereocenters. The predicted octanol–water partition coefficient (Wildman–Crippen LogP) is 0.0345. The molecule has 0 saturated heterocycles.